The lowest BCUT2D eigenvalue weighted by Crippen LogP contribution is -2.43. The van der Waals surface area contributed by atoms with Gasteiger partial charge < -0.3 is 30.5 Å². The number of aromatic nitrogens is 4. The second-order valence-corrected chi connectivity index (χ2v) is 8.69. The zero-order chi connectivity index (χ0) is 23.3. The van der Waals surface area contributed by atoms with Crippen molar-refractivity contribution in [1.82, 2.24) is 24.4 Å². The third kappa shape index (κ3) is 3.67. The van der Waals surface area contributed by atoms with E-state index in [1.807, 2.05) is 6.07 Å². The minimum atomic E-state index is -1.40. The van der Waals surface area contributed by atoms with E-state index in [9.17, 15) is 15.0 Å². The Morgan fingerprint density at radius 3 is 2.91 bits per heavy atom. The van der Waals surface area contributed by atoms with Crippen molar-refractivity contribution < 1.29 is 19.7 Å². The standard InChI is InChI=1S/C22H27N7O4/c1-27-7-3-4-13-8-12(5-6-14(13)27)9-28(2)21(32)18-16(30)17(31)22(33-18)29-11-26-15-19(23)24-10-25-20(15)29/h5-6,8,10-11,16-18,22,30-31H,3-4,7,9H2,1-2H3,(H2,23,24,25)/t16-,17+,18-,22+/m0/s1. The average Bonchev–Trinajstić information content (AvgIpc) is 3.35. The maximum atomic E-state index is 13.1. The fraction of sp³-hybridized carbons (Fsp3) is 0.455. The number of rotatable bonds is 4. The molecule has 0 radical (unpaired) electrons. The smallest absolute Gasteiger partial charge is 0.254 e. The Hall–Kier alpha value is -3.28. The van der Waals surface area contributed by atoms with E-state index in [4.69, 9.17) is 10.5 Å². The summed E-state index contributed by atoms with van der Waals surface area (Å²) in [5, 5.41) is 21.2. The molecule has 174 valence electrons. The Bertz CT molecular complexity index is 1200. The number of likely N-dealkylation sites (N-methyl/N-ethyl adjacent to an activating group) is 1. The van der Waals surface area contributed by atoms with Crippen molar-refractivity contribution in [3.8, 4) is 0 Å². The number of aliphatic hydroxyl groups is 2. The predicted octanol–water partition coefficient (Wildman–Crippen LogP) is 0.0687. The molecule has 4 atom stereocenters. The van der Waals surface area contributed by atoms with Crippen molar-refractivity contribution in [3.05, 3.63) is 42.0 Å². The highest BCUT2D eigenvalue weighted by Gasteiger charge is 2.48. The lowest BCUT2D eigenvalue weighted by atomic mass is 9.99. The largest absolute Gasteiger partial charge is 0.387 e. The zero-order valence-corrected chi connectivity index (χ0v) is 18.5. The number of nitrogens with two attached hydrogens (primary N) is 1. The van der Waals surface area contributed by atoms with Crippen LogP contribution in [0.4, 0.5) is 11.5 Å². The van der Waals surface area contributed by atoms with Gasteiger partial charge in [-0.25, -0.2) is 15.0 Å². The van der Waals surface area contributed by atoms with Gasteiger partial charge in [-0.1, -0.05) is 12.1 Å². The molecule has 4 N–H and O–H groups in total. The number of amides is 1. The van der Waals surface area contributed by atoms with Gasteiger partial charge in [0, 0.05) is 32.9 Å². The lowest BCUT2D eigenvalue weighted by molar-refractivity contribution is -0.147. The number of imidazole rings is 1. The quantitative estimate of drug-likeness (QED) is 0.500. The fourth-order valence-electron chi connectivity index (χ4n) is 4.66. The van der Waals surface area contributed by atoms with Crippen LogP contribution in [0.1, 0.15) is 23.8 Å². The molecule has 1 amide bonds. The van der Waals surface area contributed by atoms with Crippen LogP contribution in [0.15, 0.2) is 30.9 Å². The van der Waals surface area contributed by atoms with Crippen LogP contribution < -0.4 is 10.6 Å². The first-order valence-electron chi connectivity index (χ1n) is 10.9. The molecular weight excluding hydrogens is 426 g/mol. The van der Waals surface area contributed by atoms with E-state index >= 15 is 0 Å². The SMILES string of the molecule is CN(Cc1ccc2c(c1)CCCN2C)C(=O)[C@H]1O[C@@H](n2cnc3c(N)ncnc32)[C@H](O)[C@@H]1O. The molecule has 11 nitrogen and oxygen atoms in total. The Labute approximate surface area is 190 Å². The van der Waals surface area contributed by atoms with E-state index < -0.39 is 30.4 Å². The van der Waals surface area contributed by atoms with Gasteiger partial charge >= 0.3 is 0 Å². The summed E-state index contributed by atoms with van der Waals surface area (Å²) in [4.78, 5) is 29.1. The zero-order valence-electron chi connectivity index (χ0n) is 18.5. The molecule has 5 rings (SSSR count). The highest BCUT2D eigenvalue weighted by molar-refractivity contribution is 5.83. The summed E-state index contributed by atoms with van der Waals surface area (Å²) in [6.07, 6.45) is -0.230. The van der Waals surface area contributed by atoms with E-state index in [1.54, 1.807) is 7.05 Å². The number of nitrogens with zero attached hydrogens (tertiary/aromatic N) is 6. The molecule has 2 aromatic heterocycles. The van der Waals surface area contributed by atoms with Gasteiger partial charge in [-0.15, -0.1) is 0 Å². The molecule has 2 aliphatic heterocycles. The number of hydrogen-bond acceptors (Lipinski definition) is 9. The molecule has 11 heteroatoms. The molecule has 0 bridgehead atoms. The number of hydrogen-bond donors (Lipinski definition) is 3. The van der Waals surface area contributed by atoms with E-state index in [-0.39, 0.29) is 5.82 Å². The Kier molecular flexibility index (Phi) is 5.39. The Morgan fingerprint density at radius 2 is 2.09 bits per heavy atom. The number of benzene rings is 1. The minimum absolute atomic E-state index is 0.190. The third-order valence-corrected chi connectivity index (χ3v) is 6.43. The van der Waals surface area contributed by atoms with Gasteiger partial charge in [-0.3, -0.25) is 9.36 Å². The van der Waals surface area contributed by atoms with Crippen LogP contribution in [-0.4, -0.2) is 79.5 Å². The van der Waals surface area contributed by atoms with E-state index in [1.165, 1.54) is 33.4 Å². The molecule has 33 heavy (non-hydrogen) atoms. The number of anilines is 2. The maximum absolute atomic E-state index is 13.1. The summed E-state index contributed by atoms with van der Waals surface area (Å²) in [6, 6.07) is 6.22. The van der Waals surface area contributed by atoms with Crippen LogP contribution in [-0.2, 0) is 22.5 Å². The normalized spacial score (nSPS) is 24.8. The first kappa shape index (κ1) is 21.6. The van der Waals surface area contributed by atoms with E-state index in [0.717, 1.165) is 24.9 Å². The third-order valence-electron chi connectivity index (χ3n) is 6.43. The van der Waals surface area contributed by atoms with Crippen molar-refractivity contribution in [2.24, 2.45) is 0 Å². The molecule has 4 heterocycles. The monoisotopic (exact) mass is 453 g/mol. The lowest BCUT2D eigenvalue weighted by Gasteiger charge is -2.28. The molecule has 1 saturated heterocycles. The number of nitrogen functional groups attached to an aromatic ring is 1. The van der Waals surface area contributed by atoms with Gasteiger partial charge in [-0.2, -0.15) is 0 Å². The van der Waals surface area contributed by atoms with Crippen molar-refractivity contribution in [2.45, 2.75) is 43.9 Å². The first-order valence-corrected chi connectivity index (χ1v) is 10.9. The van der Waals surface area contributed by atoms with Crippen LogP contribution in [0.5, 0.6) is 0 Å². The summed E-state index contributed by atoms with van der Waals surface area (Å²) in [5.74, 6) is -0.229. The molecule has 2 aliphatic rings. The molecule has 3 aromatic rings. The van der Waals surface area contributed by atoms with E-state index in [0.29, 0.717) is 17.7 Å². The van der Waals surface area contributed by atoms with Gasteiger partial charge in [0.1, 0.15) is 24.1 Å². The van der Waals surface area contributed by atoms with Gasteiger partial charge in [0.2, 0.25) is 0 Å². The molecule has 1 fully saturated rings. The molecule has 0 spiro atoms. The summed E-state index contributed by atoms with van der Waals surface area (Å²) in [6.45, 7) is 1.40. The molecule has 0 aliphatic carbocycles. The first-order chi connectivity index (χ1) is 15.8. The number of aliphatic hydroxyl groups excluding tert-OH is 2. The van der Waals surface area contributed by atoms with Crippen molar-refractivity contribution >= 4 is 28.6 Å². The highest BCUT2D eigenvalue weighted by atomic mass is 16.6. The molecule has 1 aromatic carbocycles. The second-order valence-electron chi connectivity index (χ2n) is 8.69. The maximum Gasteiger partial charge on any atom is 0.254 e. The molecule has 0 saturated carbocycles. The van der Waals surface area contributed by atoms with Gasteiger partial charge in [0.15, 0.2) is 23.8 Å². The second kappa shape index (κ2) is 8.25. The summed E-state index contributed by atoms with van der Waals surface area (Å²) < 4.78 is 7.28. The number of carbonyl (C=O) groups is 1. The summed E-state index contributed by atoms with van der Waals surface area (Å²) in [5.41, 5.74) is 10.0. The van der Waals surface area contributed by atoms with Gasteiger partial charge in [-0.05, 0) is 30.0 Å². The molecular formula is C22H27N7O4. The topological polar surface area (TPSA) is 143 Å². The van der Waals surface area contributed by atoms with Crippen molar-refractivity contribution in [3.63, 3.8) is 0 Å². The van der Waals surface area contributed by atoms with E-state index in [2.05, 4.69) is 39.0 Å². The fourth-order valence-corrected chi connectivity index (χ4v) is 4.66. The number of ether oxygens (including phenoxy) is 1. The van der Waals surface area contributed by atoms with Crippen LogP contribution >= 0.6 is 0 Å². The van der Waals surface area contributed by atoms with Gasteiger partial charge in [0.25, 0.3) is 5.91 Å². The number of aryl methyl sites for hydroxylation is 1. The summed E-state index contributed by atoms with van der Waals surface area (Å²) in [7, 11) is 3.74. The minimum Gasteiger partial charge on any atom is -0.387 e. The summed E-state index contributed by atoms with van der Waals surface area (Å²) >= 11 is 0. The van der Waals surface area contributed by atoms with Crippen molar-refractivity contribution in [1.29, 1.82) is 0 Å². The van der Waals surface area contributed by atoms with Crippen LogP contribution in [0.2, 0.25) is 0 Å². The number of carbonyl (C=O) groups excluding carboxylic acids is 1. The van der Waals surface area contributed by atoms with Crippen LogP contribution in [0.3, 0.4) is 0 Å². The van der Waals surface area contributed by atoms with Crippen LogP contribution in [0, 0.1) is 0 Å². The Balaban J connectivity index is 1.33. The molecule has 0 unspecified atom stereocenters. The Morgan fingerprint density at radius 1 is 1.27 bits per heavy atom. The van der Waals surface area contributed by atoms with Crippen LogP contribution in [0.25, 0.3) is 11.2 Å². The average molecular weight is 454 g/mol. The van der Waals surface area contributed by atoms with Crippen molar-refractivity contribution in [2.75, 3.05) is 31.3 Å². The highest BCUT2D eigenvalue weighted by Crippen LogP contribution is 2.33. The number of fused-ring (bicyclic) bond motifs is 2. The van der Waals surface area contributed by atoms with Gasteiger partial charge in [0.05, 0.1) is 6.33 Å². The predicted molar refractivity (Wildman–Crippen MR) is 120 cm³/mol.